The monoisotopic (exact) mass is 318 g/mol. The van der Waals surface area contributed by atoms with E-state index in [2.05, 4.69) is 15.7 Å². The lowest BCUT2D eigenvalue weighted by Crippen LogP contribution is -2.43. The zero-order chi connectivity index (χ0) is 16.2. The van der Waals surface area contributed by atoms with Gasteiger partial charge in [-0.25, -0.2) is 9.07 Å². The molecule has 0 aliphatic carbocycles. The van der Waals surface area contributed by atoms with E-state index in [4.69, 9.17) is 4.74 Å². The molecule has 0 saturated carbocycles. The minimum absolute atomic E-state index is 0.0204. The van der Waals surface area contributed by atoms with Gasteiger partial charge in [0.25, 0.3) is 0 Å². The van der Waals surface area contributed by atoms with Crippen LogP contribution in [-0.4, -0.2) is 41.5 Å². The van der Waals surface area contributed by atoms with Gasteiger partial charge in [-0.1, -0.05) is 0 Å². The second-order valence-corrected chi connectivity index (χ2v) is 5.54. The molecule has 1 fully saturated rings. The maximum Gasteiger partial charge on any atom is 0.227 e. The highest BCUT2D eigenvalue weighted by atomic mass is 19.1. The topological polar surface area (TPSA) is 68.2 Å². The Morgan fingerprint density at radius 2 is 2.26 bits per heavy atom. The highest BCUT2D eigenvalue weighted by Crippen LogP contribution is 2.18. The Balaban J connectivity index is 1.72. The molecule has 2 N–H and O–H groups in total. The van der Waals surface area contributed by atoms with Gasteiger partial charge in [-0.05, 0) is 31.2 Å². The van der Waals surface area contributed by atoms with Gasteiger partial charge in [-0.3, -0.25) is 4.79 Å². The zero-order valence-electron chi connectivity index (χ0n) is 12.9. The highest BCUT2D eigenvalue weighted by molar-refractivity contribution is 5.90. The molecule has 0 spiro atoms. The molecule has 2 aromatic rings. The first-order valence-electron chi connectivity index (χ1n) is 7.55. The van der Waals surface area contributed by atoms with Crippen molar-refractivity contribution in [2.45, 2.75) is 19.4 Å². The van der Waals surface area contributed by atoms with Crippen molar-refractivity contribution in [3.8, 4) is 5.69 Å². The number of anilines is 1. The fraction of sp³-hybridized carbons (Fsp3) is 0.375. The number of nitrogens with zero attached hydrogens (tertiary/aromatic N) is 2. The summed E-state index contributed by atoms with van der Waals surface area (Å²) in [6, 6.07) is 7.77. The van der Waals surface area contributed by atoms with Gasteiger partial charge in [0.05, 0.1) is 24.6 Å². The van der Waals surface area contributed by atoms with Crippen LogP contribution in [0.1, 0.15) is 12.1 Å². The van der Waals surface area contributed by atoms with Crippen LogP contribution in [0.2, 0.25) is 0 Å². The molecule has 1 aromatic carbocycles. The van der Waals surface area contributed by atoms with E-state index in [1.165, 1.54) is 12.1 Å². The molecule has 1 atom stereocenters. The second kappa shape index (κ2) is 6.89. The summed E-state index contributed by atoms with van der Waals surface area (Å²) in [5.74, 6) is 0.138. The van der Waals surface area contributed by atoms with Crippen molar-refractivity contribution in [2.24, 2.45) is 0 Å². The number of amides is 1. The van der Waals surface area contributed by atoms with E-state index in [0.29, 0.717) is 31.1 Å². The summed E-state index contributed by atoms with van der Waals surface area (Å²) >= 11 is 0. The standard InChI is InChI=1S/C16H19FN4O2/c1-11-8-15(19-16(22)9-13-10-23-7-6-18-13)21(20-11)14-4-2-12(17)3-5-14/h2-5,8,13,18H,6-7,9-10H2,1H3,(H,19,22). The fourth-order valence-corrected chi connectivity index (χ4v) is 2.54. The van der Waals surface area contributed by atoms with Gasteiger partial charge < -0.3 is 15.4 Å². The van der Waals surface area contributed by atoms with Gasteiger partial charge in [0.2, 0.25) is 5.91 Å². The molecule has 0 bridgehead atoms. The normalized spacial score (nSPS) is 17.9. The quantitative estimate of drug-likeness (QED) is 0.899. The number of morpholine rings is 1. The molecular weight excluding hydrogens is 299 g/mol. The number of carbonyl (C=O) groups excluding carboxylic acids is 1. The smallest absolute Gasteiger partial charge is 0.227 e. The fourth-order valence-electron chi connectivity index (χ4n) is 2.54. The Labute approximate surface area is 133 Å². The lowest BCUT2D eigenvalue weighted by Gasteiger charge is -2.23. The summed E-state index contributed by atoms with van der Waals surface area (Å²) < 4.78 is 20.0. The number of hydrogen-bond donors (Lipinski definition) is 2. The molecule has 23 heavy (non-hydrogen) atoms. The van der Waals surface area contributed by atoms with Crippen molar-refractivity contribution in [1.29, 1.82) is 0 Å². The Kier molecular flexibility index (Phi) is 4.68. The molecule has 1 aliphatic heterocycles. The van der Waals surface area contributed by atoms with Crippen LogP contribution in [0.25, 0.3) is 5.69 Å². The molecule has 1 amide bonds. The van der Waals surface area contributed by atoms with Crippen LogP contribution in [0, 0.1) is 12.7 Å². The van der Waals surface area contributed by atoms with E-state index >= 15 is 0 Å². The average molecular weight is 318 g/mol. The SMILES string of the molecule is Cc1cc(NC(=O)CC2COCCN2)n(-c2ccc(F)cc2)n1. The van der Waals surface area contributed by atoms with E-state index < -0.39 is 0 Å². The van der Waals surface area contributed by atoms with E-state index in [0.717, 1.165) is 12.2 Å². The molecule has 1 aromatic heterocycles. The van der Waals surface area contributed by atoms with Crippen molar-refractivity contribution in [3.63, 3.8) is 0 Å². The first-order valence-corrected chi connectivity index (χ1v) is 7.55. The van der Waals surface area contributed by atoms with Crippen molar-refractivity contribution in [1.82, 2.24) is 15.1 Å². The molecule has 122 valence electrons. The molecule has 1 unspecified atom stereocenters. The van der Waals surface area contributed by atoms with Crippen LogP contribution in [0.4, 0.5) is 10.2 Å². The number of carbonyl (C=O) groups is 1. The van der Waals surface area contributed by atoms with E-state index in [1.807, 2.05) is 6.92 Å². The number of ether oxygens (including phenoxy) is 1. The summed E-state index contributed by atoms with van der Waals surface area (Å²) in [4.78, 5) is 12.2. The first-order chi connectivity index (χ1) is 11.1. The Bertz CT molecular complexity index is 678. The Morgan fingerprint density at radius 3 is 2.96 bits per heavy atom. The molecule has 3 rings (SSSR count). The van der Waals surface area contributed by atoms with Gasteiger partial charge in [-0.2, -0.15) is 5.10 Å². The van der Waals surface area contributed by atoms with Crippen molar-refractivity contribution < 1.29 is 13.9 Å². The van der Waals surface area contributed by atoms with Crippen LogP contribution in [0.3, 0.4) is 0 Å². The van der Waals surface area contributed by atoms with Crippen molar-refractivity contribution in [2.75, 3.05) is 25.1 Å². The number of hydrogen-bond acceptors (Lipinski definition) is 4. The Morgan fingerprint density at radius 1 is 1.48 bits per heavy atom. The number of aromatic nitrogens is 2. The van der Waals surface area contributed by atoms with Gasteiger partial charge >= 0.3 is 0 Å². The number of nitrogens with one attached hydrogen (secondary N) is 2. The van der Waals surface area contributed by atoms with E-state index in [9.17, 15) is 9.18 Å². The number of aryl methyl sites for hydroxylation is 1. The predicted molar refractivity (Wildman–Crippen MR) is 84.1 cm³/mol. The average Bonchev–Trinajstić information content (AvgIpc) is 2.89. The third-order valence-electron chi connectivity index (χ3n) is 3.60. The van der Waals surface area contributed by atoms with Crippen LogP contribution < -0.4 is 10.6 Å². The van der Waals surface area contributed by atoms with Crippen LogP contribution in [0.15, 0.2) is 30.3 Å². The predicted octanol–water partition coefficient (Wildman–Crippen LogP) is 1.64. The second-order valence-electron chi connectivity index (χ2n) is 5.54. The number of rotatable bonds is 4. The summed E-state index contributed by atoms with van der Waals surface area (Å²) in [5.41, 5.74) is 1.46. The number of benzene rings is 1. The lowest BCUT2D eigenvalue weighted by molar-refractivity contribution is -0.117. The first kappa shape index (κ1) is 15.6. The molecule has 2 heterocycles. The summed E-state index contributed by atoms with van der Waals surface area (Å²) in [6.45, 7) is 3.80. The summed E-state index contributed by atoms with van der Waals surface area (Å²) in [5, 5.41) is 10.5. The molecule has 6 nitrogen and oxygen atoms in total. The third-order valence-corrected chi connectivity index (χ3v) is 3.60. The molecule has 0 radical (unpaired) electrons. The molecule has 1 saturated heterocycles. The zero-order valence-corrected chi connectivity index (χ0v) is 12.9. The maximum absolute atomic E-state index is 13.1. The van der Waals surface area contributed by atoms with Gasteiger partial charge in [0, 0.05) is 25.1 Å². The van der Waals surface area contributed by atoms with Crippen LogP contribution in [-0.2, 0) is 9.53 Å². The largest absolute Gasteiger partial charge is 0.378 e. The Hall–Kier alpha value is -2.25. The minimum Gasteiger partial charge on any atom is -0.378 e. The van der Waals surface area contributed by atoms with Crippen LogP contribution >= 0.6 is 0 Å². The maximum atomic E-state index is 13.1. The van der Waals surface area contributed by atoms with Crippen molar-refractivity contribution in [3.05, 3.63) is 41.8 Å². The van der Waals surface area contributed by atoms with Crippen molar-refractivity contribution >= 4 is 11.7 Å². The summed E-state index contributed by atoms with van der Waals surface area (Å²) in [7, 11) is 0. The lowest BCUT2D eigenvalue weighted by atomic mass is 10.2. The van der Waals surface area contributed by atoms with Gasteiger partial charge in [0.15, 0.2) is 0 Å². The summed E-state index contributed by atoms with van der Waals surface area (Å²) in [6.07, 6.45) is 0.327. The van der Waals surface area contributed by atoms with E-state index in [-0.39, 0.29) is 17.8 Å². The molecule has 7 heteroatoms. The number of halogens is 1. The molecule has 1 aliphatic rings. The van der Waals surface area contributed by atoms with E-state index in [1.54, 1.807) is 22.9 Å². The van der Waals surface area contributed by atoms with Gasteiger partial charge in [-0.15, -0.1) is 0 Å². The third kappa shape index (κ3) is 3.94. The minimum atomic E-state index is -0.313. The highest BCUT2D eigenvalue weighted by Gasteiger charge is 2.18. The van der Waals surface area contributed by atoms with Crippen LogP contribution in [0.5, 0.6) is 0 Å². The molecular formula is C16H19FN4O2. The van der Waals surface area contributed by atoms with Gasteiger partial charge in [0.1, 0.15) is 11.6 Å².